The zero-order valence-corrected chi connectivity index (χ0v) is 15.2. The zero-order chi connectivity index (χ0) is 19.0. The van der Waals surface area contributed by atoms with E-state index >= 15 is 0 Å². The van der Waals surface area contributed by atoms with E-state index in [2.05, 4.69) is 10.3 Å². The first-order chi connectivity index (χ1) is 12.3. The second-order valence-electron chi connectivity index (χ2n) is 6.62. The normalized spacial score (nSPS) is 12.8. The Bertz CT molecular complexity index is 952. The lowest BCUT2D eigenvalue weighted by Crippen LogP contribution is -2.31. The van der Waals surface area contributed by atoms with Gasteiger partial charge in [-0.1, -0.05) is 0 Å². The Balaban J connectivity index is 2.00. The van der Waals surface area contributed by atoms with Crippen molar-refractivity contribution in [2.75, 3.05) is 19.4 Å². The molecule has 3 rings (SSSR count). The molecule has 1 unspecified atom stereocenters. The topological polar surface area (TPSA) is 53.3 Å². The van der Waals surface area contributed by atoms with Crippen molar-refractivity contribution in [3.8, 4) is 0 Å². The van der Waals surface area contributed by atoms with Crippen LogP contribution in [-0.4, -0.2) is 39.9 Å². The molecular weight excluding hydrogens is 338 g/mol. The fourth-order valence-corrected chi connectivity index (χ4v) is 2.94. The minimum absolute atomic E-state index is 0.212. The van der Waals surface area contributed by atoms with Gasteiger partial charge in [0.2, 0.25) is 0 Å². The van der Waals surface area contributed by atoms with Crippen molar-refractivity contribution in [1.29, 1.82) is 0 Å². The minimum Gasteiger partial charge on any atom is -0.376 e. The van der Waals surface area contributed by atoms with Gasteiger partial charge in [-0.2, -0.15) is 0 Å². The van der Waals surface area contributed by atoms with Crippen LogP contribution in [-0.2, 0) is 6.54 Å². The van der Waals surface area contributed by atoms with Gasteiger partial charge in [-0.25, -0.2) is 13.8 Å². The fourth-order valence-electron chi connectivity index (χ4n) is 2.94. The van der Waals surface area contributed by atoms with Gasteiger partial charge in [0.15, 0.2) is 11.6 Å². The molecule has 7 heteroatoms. The van der Waals surface area contributed by atoms with Crippen molar-refractivity contribution in [1.82, 2.24) is 14.5 Å². The molecule has 1 atom stereocenters. The van der Waals surface area contributed by atoms with Crippen LogP contribution in [0.5, 0.6) is 0 Å². The maximum atomic E-state index is 13.9. The van der Waals surface area contributed by atoms with E-state index in [0.29, 0.717) is 23.6 Å². The number of anilines is 2. The maximum Gasteiger partial charge on any atom is 0.163 e. The van der Waals surface area contributed by atoms with Gasteiger partial charge in [-0.3, -0.25) is 4.90 Å². The Morgan fingerprint density at radius 1 is 1.27 bits per heavy atom. The lowest BCUT2D eigenvalue weighted by Gasteiger charge is -2.19. The third-order valence-corrected chi connectivity index (χ3v) is 4.55. The van der Waals surface area contributed by atoms with Crippen molar-refractivity contribution in [2.24, 2.45) is 0 Å². The zero-order valence-electron chi connectivity index (χ0n) is 15.2. The lowest BCUT2D eigenvalue weighted by molar-refractivity contribution is 0.0270. The Morgan fingerprint density at radius 3 is 2.69 bits per heavy atom. The molecule has 1 aromatic carbocycles. The molecule has 0 saturated heterocycles. The highest BCUT2D eigenvalue weighted by atomic mass is 19.2. The number of benzene rings is 1. The van der Waals surface area contributed by atoms with Crippen LogP contribution in [0.4, 0.5) is 20.3 Å². The van der Waals surface area contributed by atoms with Gasteiger partial charge in [-0.05, 0) is 51.7 Å². The van der Waals surface area contributed by atoms with Crippen molar-refractivity contribution < 1.29 is 13.9 Å². The summed E-state index contributed by atoms with van der Waals surface area (Å²) in [6.07, 6.45) is 2.90. The monoisotopic (exact) mass is 360 g/mol. The Hall–Kier alpha value is -2.51. The third-order valence-electron chi connectivity index (χ3n) is 4.55. The molecule has 2 aromatic heterocycles. The molecule has 0 aliphatic heterocycles. The highest BCUT2D eigenvalue weighted by Crippen LogP contribution is 2.31. The number of halogens is 2. The largest absolute Gasteiger partial charge is 0.376 e. The van der Waals surface area contributed by atoms with E-state index in [1.165, 1.54) is 13.0 Å². The second kappa shape index (κ2) is 7.01. The molecule has 0 saturated carbocycles. The average molecular weight is 360 g/mol. The van der Waals surface area contributed by atoms with Gasteiger partial charge in [0.05, 0.1) is 12.1 Å². The standard InChI is InChI=1S/C19H22F2N4O/c1-11-9-14(20)17(21)12(2)18(11)23-19-13-6-8-25(10-16(26)24(3)4)15(13)5-7-22-19/h5-9,16,26H,10H2,1-4H3,(H,22,23). The van der Waals surface area contributed by atoms with Crippen molar-refractivity contribution in [3.63, 3.8) is 0 Å². The van der Waals surface area contributed by atoms with E-state index in [9.17, 15) is 13.9 Å². The Kier molecular flexibility index (Phi) is 4.93. The van der Waals surface area contributed by atoms with Crippen molar-refractivity contribution >= 4 is 22.4 Å². The molecule has 0 radical (unpaired) electrons. The van der Waals surface area contributed by atoms with Gasteiger partial charge >= 0.3 is 0 Å². The highest BCUT2D eigenvalue weighted by Gasteiger charge is 2.16. The van der Waals surface area contributed by atoms with E-state index in [-0.39, 0.29) is 5.56 Å². The molecule has 3 aromatic rings. The number of hydrogen-bond donors (Lipinski definition) is 2. The number of rotatable bonds is 5. The molecule has 26 heavy (non-hydrogen) atoms. The molecule has 0 aliphatic rings. The van der Waals surface area contributed by atoms with Crippen LogP contribution in [0.3, 0.4) is 0 Å². The molecule has 138 valence electrons. The maximum absolute atomic E-state index is 13.9. The minimum atomic E-state index is -0.864. The summed E-state index contributed by atoms with van der Waals surface area (Å²) in [6.45, 7) is 3.66. The van der Waals surface area contributed by atoms with E-state index in [0.717, 1.165) is 10.9 Å². The van der Waals surface area contributed by atoms with E-state index in [1.807, 2.05) is 22.9 Å². The van der Waals surface area contributed by atoms with Gasteiger partial charge in [0, 0.05) is 29.0 Å². The van der Waals surface area contributed by atoms with Crippen LogP contribution in [0.1, 0.15) is 11.1 Å². The summed E-state index contributed by atoms with van der Waals surface area (Å²) < 4.78 is 29.4. The smallest absolute Gasteiger partial charge is 0.163 e. The Morgan fingerprint density at radius 2 is 2.00 bits per heavy atom. The number of aliphatic hydroxyl groups is 1. The summed E-state index contributed by atoms with van der Waals surface area (Å²) in [7, 11) is 3.61. The SMILES string of the molecule is Cc1cc(F)c(F)c(C)c1Nc1nccc2c1ccn2CC(O)N(C)C. The summed E-state index contributed by atoms with van der Waals surface area (Å²) in [4.78, 5) is 6.07. The van der Waals surface area contributed by atoms with E-state index < -0.39 is 17.9 Å². The quantitative estimate of drug-likeness (QED) is 0.683. The van der Waals surface area contributed by atoms with Gasteiger partial charge in [0.25, 0.3) is 0 Å². The number of likely N-dealkylation sites (N-methyl/N-ethyl adjacent to an activating group) is 1. The van der Waals surface area contributed by atoms with Crippen molar-refractivity contribution in [3.05, 3.63) is 53.4 Å². The summed E-state index contributed by atoms with van der Waals surface area (Å²) in [6, 6.07) is 4.91. The molecule has 0 bridgehead atoms. The number of hydrogen-bond acceptors (Lipinski definition) is 4. The third kappa shape index (κ3) is 3.27. The number of aromatic nitrogens is 2. The summed E-state index contributed by atoms with van der Waals surface area (Å²) in [5.74, 6) is -1.17. The molecular formula is C19H22F2N4O. The predicted molar refractivity (Wildman–Crippen MR) is 98.5 cm³/mol. The molecule has 2 heterocycles. The Labute approximate surface area is 150 Å². The second-order valence-corrected chi connectivity index (χ2v) is 6.62. The molecule has 0 fully saturated rings. The number of nitrogens with zero attached hydrogens (tertiary/aromatic N) is 3. The van der Waals surface area contributed by atoms with Crippen LogP contribution in [0, 0.1) is 25.5 Å². The van der Waals surface area contributed by atoms with E-state index in [4.69, 9.17) is 0 Å². The number of pyridine rings is 1. The van der Waals surface area contributed by atoms with Gasteiger partial charge < -0.3 is 15.0 Å². The lowest BCUT2D eigenvalue weighted by atomic mass is 10.1. The molecule has 0 amide bonds. The van der Waals surface area contributed by atoms with Crippen LogP contribution in [0.25, 0.3) is 10.9 Å². The van der Waals surface area contributed by atoms with Crippen LogP contribution in [0.2, 0.25) is 0 Å². The summed E-state index contributed by atoms with van der Waals surface area (Å²) in [5, 5.41) is 14.1. The first-order valence-electron chi connectivity index (χ1n) is 8.30. The fraction of sp³-hybridized carbons (Fsp3) is 0.316. The van der Waals surface area contributed by atoms with Crippen molar-refractivity contribution in [2.45, 2.75) is 26.6 Å². The molecule has 0 aliphatic carbocycles. The van der Waals surface area contributed by atoms with Crippen LogP contribution in [0.15, 0.2) is 30.6 Å². The first-order valence-corrected chi connectivity index (χ1v) is 8.30. The van der Waals surface area contributed by atoms with Gasteiger partial charge in [-0.15, -0.1) is 0 Å². The first kappa shape index (κ1) is 18.3. The van der Waals surface area contributed by atoms with Crippen LogP contribution >= 0.6 is 0 Å². The predicted octanol–water partition coefficient (Wildman–Crippen LogP) is 3.55. The molecule has 5 nitrogen and oxygen atoms in total. The number of nitrogens with one attached hydrogen (secondary N) is 1. The number of aryl methyl sites for hydroxylation is 1. The van der Waals surface area contributed by atoms with Gasteiger partial charge in [0.1, 0.15) is 12.0 Å². The molecule has 2 N–H and O–H groups in total. The summed E-state index contributed by atoms with van der Waals surface area (Å²) >= 11 is 0. The summed E-state index contributed by atoms with van der Waals surface area (Å²) in [5.41, 5.74) is 2.21. The number of fused-ring (bicyclic) bond motifs is 1. The highest BCUT2D eigenvalue weighted by molar-refractivity contribution is 5.92. The average Bonchev–Trinajstić information content (AvgIpc) is 3.00. The van der Waals surface area contributed by atoms with Crippen LogP contribution < -0.4 is 5.32 Å². The number of aliphatic hydroxyl groups excluding tert-OH is 1. The van der Waals surface area contributed by atoms with E-state index in [1.54, 1.807) is 32.1 Å². The molecule has 0 spiro atoms.